The topological polar surface area (TPSA) is 109 Å². The first-order valence-corrected chi connectivity index (χ1v) is 10.7. The van der Waals surface area contributed by atoms with Crippen molar-refractivity contribution in [2.24, 2.45) is 0 Å². The van der Waals surface area contributed by atoms with Crippen molar-refractivity contribution in [2.75, 3.05) is 19.6 Å². The van der Waals surface area contributed by atoms with Crippen LogP contribution >= 0.6 is 11.6 Å². The van der Waals surface area contributed by atoms with Gasteiger partial charge >= 0.3 is 0 Å². The minimum Gasteiger partial charge on any atom is -0.506 e. The number of carbonyl (C=O) groups excluding carboxylic acids is 2. The molecule has 4 rings (SSSR count). The lowest BCUT2D eigenvalue weighted by Gasteiger charge is -2.31. The third-order valence-corrected chi connectivity index (χ3v) is 5.62. The molecule has 0 bridgehead atoms. The Morgan fingerprint density at radius 2 is 2.03 bits per heavy atom. The lowest BCUT2D eigenvalue weighted by Crippen LogP contribution is -2.44. The van der Waals surface area contributed by atoms with Gasteiger partial charge in [0.2, 0.25) is 5.91 Å². The third kappa shape index (κ3) is 5.45. The molecule has 9 heteroatoms. The second-order valence-corrected chi connectivity index (χ2v) is 8.20. The number of carbonyl (C=O) groups is 2. The van der Waals surface area contributed by atoms with Crippen LogP contribution in [0.5, 0.6) is 5.75 Å². The predicted octanol–water partition coefficient (Wildman–Crippen LogP) is 3.16. The number of aromatic nitrogens is 2. The van der Waals surface area contributed by atoms with E-state index in [4.69, 9.17) is 16.0 Å². The molecule has 0 saturated carbocycles. The smallest absolute Gasteiger partial charge is 0.253 e. The molecule has 0 unspecified atom stereocenters. The fourth-order valence-electron chi connectivity index (χ4n) is 3.72. The SMILES string of the molecule is O=C(NCC(=O)N1CCC[C@@H](c2ncc(Cc3ccc(Cl)cc3)o2)C1)c1cncc(O)c1. The second kappa shape index (κ2) is 9.82. The number of pyridine rings is 1. The Hall–Kier alpha value is -3.39. The quantitative estimate of drug-likeness (QED) is 0.592. The zero-order valence-corrected chi connectivity index (χ0v) is 18.1. The van der Waals surface area contributed by atoms with Gasteiger partial charge in [0.05, 0.1) is 30.4 Å². The molecular weight excluding hydrogens is 432 g/mol. The first-order chi connectivity index (χ1) is 15.5. The number of aromatic hydroxyl groups is 1. The summed E-state index contributed by atoms with van der Waals surface area (Å²) >= 11 is 5.93. The summed E-state index contributed by atoms with van der Waals surface area (Å²) in [6, 6.07) is 8.89. The highest BCUT2D eigenvalue weighted by Gasteiger charge is 2.28. The van der Waals surface area contributed by atoms with Crippen molar-refractivity contribution < 1.29 is 19.1 Å². The van der Waals surface area contributed by atoms with E-state index < -0.39 is 5.91 Å². The highest BCUT2D eigenvalue weighted by molar-refractivity contribution is 6.30. The van der Waals surface area contributed by atoms with Gasteiger partial charge in [-0.3, -0.25) is 14.6 Å². The van der Waals surface area contributed by atoms with Crippen LogP contribution in [-0.4, -0.2) is 51.4 Å². The molecule has 1 aliphatic rings. The van der Waals surface area contributed by atoms with E-state index in [9.17, 15) is 14.7 Å². The minimum absolute atomic E-state index is 0.0117. The molecule has 0 aliphatic carbocycles. The van der Waals surface area contributed by atoms with Crippen molar-refractivity contribution in [3.05, 3.63) is 76.7 Å². The molecule has 166 valence electrons. The number of amides is 2. The first-order valence-electron chi connectivity index (χ1n) is 10.4. The Morgan fingerprint density at radius 3 is 2.81 bits per heavy atom. The third-order valence-electron chi connectivity index (χ3n) is 5.37. The number of rotatable bonds is 6. The zero-order chi connectivity index (χ0) is 22.5. The van der Waals surface area contributed by atoms with Crippen LogP contribution in [0.2, 0.25) is 5.02 Å². The molecule has 0 radical (unpaired) electrons. The Balaban J connectivity index is 1.32. The molecule has 3 aromatic rings. The highest BCUT2D eigenvalue weighted by Crippen LogP contribution is 2.27. The molecule has 8 nitrogen and oxygen atoms in total. The molecule has 3 heterocycles. The van der Waals surface area contributed by atoms with E-state index in [2.05, 4.69) is 15.3 Å². The fourth-order valence-corrected chi connectivity index (χ4v) is 3.85. The molecule has 1 saturated heterocycles. The maximum atomic E-state index is 12.6. The molecule has 1 aliphatic heterocycles. The number of benzene rings is 1. The van der Waals surface area contributed by atoms with Gasteiger partial charge in [-0.25, -0.2) is 4.98 Å². The van der Waals surface area contributed by atoms with E-state index in [0.717, 1.165) is 24.2 Å². The molecule has 1 fully saturated rings. The van der Waals surface area contributed by atoms with Crippen LogP contribution in [0.4, 0.5) is 0 Å². The van der Waals surface area contributed by atoms with E-state index in [0.29, 0.717) is 30.4 Å². The van der Waals surface area contributed by atoms with Crippen molar-refractivity contribution >= 4 is 23.4 Å². The van der Waals surface area contributed by atoms with Crippen LogP contribution in [0.25, 0.3) is 0 Å². The number of nitrogens with zero attached hydrogens (tertiary/aromatic N) is 3. The molecule has 2 N–H and O–H groups in total. The van der Waals surface area contributed by atoms with E-state index in [-0.39, 0.29) is 29.7 Å². The van der Waals surface area contributed by atoms with Gasteiger partial charge in [-0.2, -0.15) is 0 Å². The lowest BCUT2D eigenvalue weighted by atomic mass is 9.98. The van der Waals surface area contributed by atoms with E-state index >= 15 is 0 Å². The van der Waals surface area contributed by atoms with Crippen molar-refractivity contribution in [1.82, 2.24) is 20.2 Å². The maximum Gasteiger partial charge on any atom is 0.253 e. The second-order valence-electron chi connectivity index (χ2n) is 7.76. The number of piperidine rings is 1. The molecule has 0 spiro atoms. The summed E-state index contributed by atoms with van der Waals surface area (Å²) < 4.78 is 5.97. The molecule has 2 aromatic heterocycles. The summed E-state index contributed by atoms with van der Waals surface area (Å²) in [6.45, 7) is 0.981. The number of halogens is 1. The van der Waals surface area contributed by atoms with Gasteiger partial charge in [-0.1, -0.05) is 23.7 Å². The van der Waals surface area contributed by atoms with Gasteiger partial charge in [0.1, 0.15) is 11.5 Å². The van der Waals surface area contributed by atoms with Crippen molar-refractivity contribution in [2.45, 2.75) is 25.2 Å². The summed E-state index contributed by atoms with van der Waals surface area (Å²) in [5.41, 5.74) is 1.28. The average molecular weight is 455 g/mol. The zero-order valence-electron chi connectivity index (χ0n) is 17.3. The lowest BCUT2D eigenvalue weighted by molar-refractivity contribution is -0.131. The van der Waals surface area contributed by atoms with Gasteiger partial charge in [-0.15, -0.1) is 0 Å². The summed E-state index contributed by atoms with van der Waals surface area (Å²) in [5, 5.41) is 12.7. The van der Waals surface area contributed by atoms with Gasteiger partial charge in [0.25, 0.3) is 5.91 Å². The van der Waals surface area contributed by atoms with Crippen LogP contribution in [0.15, 0.2) is 53.3 Å². The van der Waals surface area contributed by atoms with Crippen molar-refractivity contribution in [3.63, 3.8) is 0 Å². The molecule has 1 atom stereocenters. The van der Waals surface area contributed by atoms with Crippen LogP contribution in [-0.2, 0) is 11.2 Å². The highest BCUT2D eigenvalue weighted by atomic mass is 35.5. The van der Waals surface area contributed by atoms with Crippen LogP contribution in [0, 0.1) is 0 Å². The average Bonchev–Trinajstić information content (AvgIpc) is 3.27. The van der Waals surface area contributed by atoms with E-state index in [1.54, 1.807) is 11.1 Å². The summed E-state index contributed by atoms with van der Waals surface area (Å²) in [7, 11) is 0. The van der Waals surface area contributed by atoms with E-state index in [1.165, 1.54) is 18.5 Å². The van der Waals surface area contributed by atoms with Crippen LogP contribution in [0.3, 0.4) is 0 Å². The van der Waals surface area contributed by atoms with Gasteiger partial charge < -0.3 is 19.7 Å². The van der Waals surface area contributed by atoms with Gasteiger partial charge in [-0.05, 0) is 36.6 Å². The largest absolute Gasteiger partial charge is 0.506 e. The summed E-state index contributed by atoms with van der Waals surface area (Å²) in [6.07, 6.45) is 6.63. The van der Waals surface area contributed by atoms with Crippen molar-refractivity contribution in [1.29, 1.82) is 0 Å². The Kier molecular flexibility index (Phi) is 6.70. The molecule has 1 aromatic carbocycles. The standard InChI is InChI=1S/C23H23ClN4O4/c24-18-5-3-15(4-6-18)8-20-12-27-23(32-20)16-2-1-7-28(14-16)21(30)13-26-22(31)17-9-19(29)11-25-10-17/h3-6,9-12,16,29H,1-2,7-8,13-14H2,(H,26,31)/t16-/m1/s1. The Bertz CT molecular complexity index is 1100. The van der Waals surface area contributed by atoms with Gasteiger partial charge in [0.15, 0.2) is 5.89 Å². The van der Waals surface area contributed by atoms with Crippen LogP contribution in [0.1, 0.15) is 46.3 Å². The molecule has 2 amide bonds. The fraction of sp³-hybridized carbons (Fsp3) is 0.304. The number of likely N-dealkylation sites (tertiary alicyclic amines) is 1. The summed E-state index contributed by atoms with van der Waals surface area (Å²) in [4.78, 5) is 34.7. The predicted molar refractivity (Wildman–Crippen MR) is 118 cm³/mol. The number of hydrogen-bond acceptors (Lipinski definition) is 6. The normalized spacial score (nSPS) is 16.0. The Labute approximate surface area is 190 Å². The number of hydrogen-bond donors (Lipinski definition) is 2. The van der Waals surface area contributed by atoms with Gasteiger partial charge in [0, 0.05) is 30.7 Å². The number of nitrogens with one attached hydrogen (secondary N) is 1. The first kappa shape index (κ1) is 21.8. The van der Waals surface area contributed by atoms with Crippen LogP contribution < -0.4 is 5.32 Å². The minimum atomic E-state index is -0.463. The maximum absolute atomic E-state index is 12.6. The molecular formula is C23H23ClN4O4. The number of oxazole rings is 1. The molecule has 32 heavy (non-hydrogen) atoms. The van der Waals surface area contributed by atoms with E-state index in [1.807, 2.05) is 24.3 Å². The monoisotopic (exact) mass is 454 g/mol. The Morgan fingerprint density at radius 1 is 1.22 bits per heavy atom. The summed E-state index contributed by atoms with van der Waals surface area (Å²) in [5.74, 6) is 0.653. The van der Waals surface area contributed by atoms with Crippen molar-refractivity contribution in [3.8, 4) is 5.75 Å².